The van der Waals surface area contributed by atoms with Crippen LogP contribution in [0.3, 0.4) is 0 Å². The van der Waals surface area contributed by atoms with E-state index in [-0.39, 0.29) is 10.8 Å². The van der Waals surface area contributed by atoms with Crippen molar-refractivity contribution in [1.82, 2.24) is 0 Å². The average Bonchev–Trinajstić information content (AvgIpc) is 3.55. The first-order valence-corrected chi connectivity index (χ1v) is 16.1. The van der Waals surface area contributed by atoms with Crippen molar-refractivity contribution in [3.63, 3.8) is 0 Å². The molecule has 0 aliphatic heterocycles. The molecule has 0 N–H and O–H groups in total. The van der Waals surface area contributed by atoms with Crippen LogP contribution in [0.4, 0.5) is 0 Å². The number of hydrogen-bond donors (Lipinski definition) is 0. The van der Waals surface area contributed by atoms with Crippen molar-refractivity contribution < 1.29 is 0 Å². The third kappa shape index (κ3) is 3.74. The highest BCUT2D eigenvalue weighted by molar-refractivity contribution is 6.19. The summed E-state index contributed by atoms with van der Waals surface area (Å²) >= 11 is 0. The molecule has 8 rings (SSSR count). The van der Waals surface area contributed by atoms with Crippen molar-refractivity contribution in [2.24, 2.45) is 0 Å². The van der Waals surface area contributed by atoms with Gasteiger partial charge in [0.15, 0.2) is 0 Å². The van der Waals surface area contributed by atoms with Crippen molar-refractivity contribution in [3.05, 3.63) is 175 Å². The zero-order valence-corrected chi connectivity index (χ0v) is 27.2. The van der Waals surface area contributed by atoms with Gasteiger partial charge in [-0.25, -0.2) is 0 Å². The van der Waals surface area contributed by atoms with Gasteiger partial charge in [-0.15, -0.1) is 0 Å². The molecule has 0 radical (unpaired) electrons. The predicted molar refractivity (Wildman–Crippen MR) is 200 cm³/mol. The minimum atomic E-state index is -0.126. The van der Waals surface area contributed by atoms with Gasteiger partial charge in [-0.3, -0.25) is 0 Å². The molecule has 0 atom stereocenters. The highest BCUT2D eigenvalue weighted by Gasteiger charge is 2.38. The maximum Gasteiger partial charge on any atom is 0.0158 e. The lowest BCUT2D eigenvalue weighted by molar-refractivity contribution is 0.661. The standard InChI is InChI=1S/C46H38/c1-9-13-40-28(3)33-20-19-31(26-43(33)45(40,5)6)34-22-23-38-35-21-18-30(25-39(35)37-16-12-15-36(34)44(37)38)27(2)24-42-29(4)32-14-10-11-17-41(32)46(42,7)8/h9-26H,1-4H2,5-8H3/b40-13+,42-24+. The minimum absolute atomic E-state index is 0.116. The molecule has 0 nitrogen and oxygen atoms in total. The zero-order valence-electron chi connectivity index (χ0n) is 27.2. The van der Waals surface area contributed by atoms with Crippen molar-refractivity contribution in [2.75, 3.05) is 0 Å². The van der Waals surface area contributed by atoms with Gasteiger partial charge in [0.05, 0.1) is 0 Å². The number of fused-ring (bicyclic) bond motifs is 5. The molecule has 0 amide bonds. The SMILES string of the molecule is C=C/C=C1\C(=C)c2ccc(-c3ccc4c5c(cccc35)-c3cc(C(=C)/C=C5\C(=C)c6ccccc6C5(C)C)ccc3-4)cc2C1(C)C. The van der Waals surface area contributed by atoms with E-state index in [9.17, 15) is 0 Å². The van der Waals surface area contributed by atoms with Gasteiger partial charge in [0.25, 0.3) is 0 Å². The van der Waals surface area contributed by atoms with Crippen LogP contribution in [0.1, 0.15) is 55.5 Å². The van der Waals surface area contributed by atoms with E-state index in [1.165, 1.54) is 77.6 Å². The van der Waals surface area contributed by atoms with E-state index in [4.69, 9.17) is 0 Å². The fraction of sp³-hybridized carbons (Fsp3) is 0.130. The van der Waals surface area contributed by atoms with Crippen molar-refractivity contribution >= 4 is 27.5 Å². The Labute approximate surface area is 273 Å². The number of hydrogen-bond acceptors (Lipinski definition) is 0. The van der Waals surface area contributed by atoms with Crippen LogP contribution in [0, 0.1) is 0 Å². The molecular formula is C46H38. The molecular weight excluding hydrogens is 553 g/mol. The van der Waals surface area contributed by atoms with E-state index in [1.54, 1.807) is 0 Å². The third-order valence-corrected chi connectivity index (χ3v) is 10.9. The fourth-order valence-corrected chi connectivity index (χ4v) is 8.38. The van der Waals surface area contributed by atoms with Crippen LogP contribution in [0.25, 0.3) is 60.9 Å². The Kier molecular flexibility index (Phi) is 5.93. The average molecular weight is 591 g/mol. The lowest BCUT2D eigenvalue weighted by atomic mass is 9.81. The first-order chi connectivity index (χ1) is 22.0. The van der Waals surface area contributed by atoms with Crippen LogP contribution in [0.15, 0.2) is 147 Å². The second-order valence-corrected chi connectivity index (χ2v) is 14.1. The lowest BCUT2D eigenvalue weighted by Crippen LogP contribution is -2.15. The molecule has 0 aromatic heterocycles. The maximum atomic E-state index is 4.56. The summed E-state index contributed by atoms with van der Waals surface area (Å²) < 4.78 is 0. The van der Waals surface area contributed by atoms with Gasteiger partial charge in [-0.05, 0) is 112 Å². The van der Waals surface area contributed by atoms with Crippen molar-refractivity contribution in [1.29, 1.82) is 0 Å². The van der Waals surface area contributed by atoms with Gasteiger partial charge in [-0.2, -0.15) is 0 Å². The quantitative estimate of drug-likeness (QED) is 0.192. The molecule has 3 aliphatic rings. The molecule has 0 spiro atoms. The van der Waals surface area contributed by atoms with Crippen LogP contribution >= 0.6 is 0 Å². The molecule has 5 aromatic carbocycles. The summed E-state index contributed by atoms with van der Waals surface area (Å²) in [5, 5.41) is 2.61. The molecule has 46 heavy (non-hydrogen) atoms. The Hall–Kier alpha value is -5.20. The second-order valence-electron chi connectivity index (χ2n) is 14.1. The molecule has 5 aromatic rings. The summed E-state index contributed by atoms with van der Waals surface area (Å²) in [7, 11) is 0. The topological polar surface area (TPSA) is 0 Å². The minimum Gasteiger partial charge on any atom is -0.0991 e. The zero-order chi connectivity index (χ0) is 32.1. The number of allylic oxidation sites excluding steroid dienone is 8. The van der Waals surface area contributed by atoms with Gasteiger partial charge >= 0.3 is 0 Å². The van der Waals surface area contributed by atoms with Crippen LogP contribution in [-0.2, 0) is 10.8 Å². The highest BCUT2D eigenvalue weighted by Crippen LogP contribution is 2.53. The first kappa shape index (κ1) is 28.3. The molecule has 0 heteroatoms. The van der Waals surface area contributed by atoms with Gasteiger partial charge in [0.2, 0.25) is 0 Å². The molecule has 0 bridgehead atoms. The van der Waals surface area contributed by atoms with Gasteiger partial charge in [0, 0.05) is 10.8 Å². The number of rotatable bonds is 4. The maximum absolute atomic E-state index is 4.56. The monoisotopic (exact) mass is 590 g/mol. The molecule has 222 valence electrons. The summed E-state index contributed by atoms with van der Waals surface area (Å²) in [6.07, 6.45) is 6.24. The molecule has 3 aliphatic carbocycles. The van der Waals surface area contributed by atoms with Crippen molar-refractivity contribution in [2.45, 2.75) is 38.5 Å². The first-order valence-electron chi connectivity index (χ1n) is 16.1. The van der Waals surface area contributed by atoms with E-state index < -0.39 is 0 Å². The smallest absolute Gasteiger partial charge is 0.0158 e. The molecule has 0 fully saturated rings. The molecule has 0 unspecified atom stereocenters. The summed E-state index contributed by atoms with van der Waals surface area (Å²) in [6.45, 7) is 26.6. The Morgan fingerprint density at radius 3 is 2.00 bits per heavy atom. The molecule has 0 saturated heterocycles. The van der Waals surface area contributed by atoms with Gasteiger partial charge < -0.3 is 0 Å². The van der Waals surface area contributed by atoms with E-state index in [0.717, 1.165) is 22.3 Å². The van der Waals surface area contributed by atoms with E-state index in [1.807, 2.05) is 6.08 Å². The summed E-state index contributed by atoms with van der Waals surface area (Å²) in [6, 6.07) is 33.7. The predicted octanol–water partition coefficient (Wildman–Crippen LogP) is 12.5. The molecule has 0 heterocycles. The second kappa shape index (κ2) is 9.65. The third-order valence-electron chi connectivity index (χ3n) is 10.9. The molecule has 0 saturated carbocycles. The van der Waals surface area contributed by atoms with Crippen LogP contribution in [0.2, 0.25) is 0 Å². The Morgan fingerprint density at radius 2 is 1.22 bits per heavy atom. The van der Waals surface area contributed by atoms with Crippen LogP contribution in [0.5, 0.6) is 0 Å². The van der Waals surface area contributed by atoms with Crippen LogP contribution < -0.4 is 0 Å². The Bertz CT molecular complexity index is 2310. The van der Waals surface area contributed by atoms with Gasteiger partial charge in [0.1, 0.15) is 0 Å². The van der Waals surface area contributed by atoms with Gasteiger partial charge in [-0.1, -0.05) is 151 Å². The summed E-state index contributed by atoms with van der Waals surface area (Å²) in [5.41, 5.74) is 19.3. The highest BCUT2D eigenvalue weighted by atomic mass is 14.4. The normalized spacial score (nSPS) is 18.3. The fourth-order valence-electron chi connectivity index (χ4n) is 8.38. The largest absolute Gasteiger partial charge is 0.0991 e. The van der Waals surface area contributed by atoms with E-state index in [0.29, 0.717) is 0 Å². The van der Waals surface area contributed by atoms with Crippen molar-refractivity contribution in [3.8, 4) is 33.4 Å². The lowest BCUT2D eigenvalue weighted by Gasteiger charge is -2.22. The van der Waals surface area contributed by atoms with E-state index >= 15 is 0 Å². The van der Waals surface area contributed by atoms with Crippen LogP contribution in [-0.4, -0.2) is 0 Å². The Morgan fingerprint density at radius 1 is 0.587 bits per heavy atom. The summed E-state index contributed by atoms with van der Waals surface area (Å²) in [4.78, 5) is 0. The Balaban J connectivity index is 1.20. The number of benzene rings is 5. The van der Waals surface area contributed by atoms with E-state index in [2.05, 4.69) is 157 Å². The summed E-state index contributed by atoms with van der Waals surface area (Å²) in [5.74, 6) is 0.